The summed E-state index contributed by atoms with van der Waals surface area (Å²) >= 11 is 0. The average molecular weight is 347 g/mol. The zero-order valence-corrected chi connectivity index (χ0v) is 14.5. The first kappa shape index (κ1) is 17.5. The van der Waals surface area contributed by atoms with Crippen LogP contribution < -0.4 is 10.5 Å². The Morgan fingerprint density at radius 2 is 1.92 bits per heavy atom. The number of phenolic OH excluding ortho intramolecular Hbond substituents is 1. The zero-order valence-electron chi connectivity index (χ0n) is 14.5. The number of rotatable bonds is 4. The number of ether oxygens (including phenoxy) is 1. The van der Waals surface area contributed by atoms with E-state index in [-0.39, 0.29) is 35.2 Å². The topological polar surface area (TPSA) is 96.1 Å². The fraction of sp³-hybridized carbons (Fsp3) is 0.556. The zero-order chi connectivity index (χ0) is 18.0. The number of primary amides is 1. The van der Waals surface area contributed by atoms with Gasteiger partial charge in [-0.25, -0.2) is 0 Å². The van der Waals surface area contributed by atoms with E-state index in [0.29, 0.717) is 18.8 Å². The minimum atomic E-state index is -0.251. The smallest absolute Gasteiger partial charge is 0.257 e. The predicted octanol–water partition coefficient (Wildman–Crippen LogP) is 0.955. The number of hydrogen-bond donors (Lipinski definition) is 2. The molecule has 3 N–H and O–H groups in total. The van der Waals surface area contributed by atoms with E-state index in [1.54, 1.807) is 17.0 Å². The minimum absolute atomic E-state index is 0.0696. The van der Waals surface area contributed by atoms with E-state index in [9.17, 15) is 14.7 Å². The van der Waals surface area contributed by atoms with Crippen LogP contribution in [0.15, 0.2) is 18.2 Å². The van der Waals surface area contributed by atoms with Crippen molar-refractivity contribution in [3.8, 4) is 11.5 Å². The molecule has 1 aromatic rings. The van der Waals surface area contributed by atoms with Gasteiger partial charge >= 0.3 is 0 Å². The van der Waals surface area contributed by atoms with Crippen LogP contribution in [0.4, 0.5) is 0 Å². The molecule has 0 aromatic heterocycles. The maximum atomic E-state index is 12.7. The van der Waals surface area contributed by atoms with E-state index in [2.05, 4.69) is 4.90 Å². The molecule has 136 valence electrons. The summed E-state index contributed by atoms with van der Waals surface area (Å²) in [6.45, 7) is 2.11. The Hall–Kier alpha value is -2.28. The number of carbonyl (C=O) groups is 2. The van der Waals surface area contributed by atoms with Crippen LogP contribution in [-0.4, -0.2) is 65.5 Å². The van der Waals surface area contributed by atoms with Crippen molar-refractivity contribution in [2.45, 2.75) is 37.8 Å². The number of amides is 2. The normalized spacial score (nSPS) is 22.1. The fourth-order valence-electron chi connectivity index (χ4n) is 3.92. The molecule has 2 aliphatic heterocycles. The van der Waals surface area contributed by atoms with Crippen LogP contribution in [0.5, 0.6) is 11.5 Å². The standard InChI is InChI=1S/C18H25N3O4/c1-25-13-4-5-14(16(22)11-13)18(24)20-9-6-12(7-10-20)21-8-2-3-15(21)17(19)23/h4-5,11-12,15,22H,2-3,6-10H2,1H3,(H2,19,23). The number of piperidine rings is 1. The molecule has 2 fully saturated rings. The minimum Gasteiger partial charge on any atom is -0.507 e. The molecule has 7 nitrogen and oxygen atoms in total. The van der Waals surface area contributed by atoms with Gasteiger partial charge in [0.2, 0.25) is 5.91 Å². The maximum absolute atomic E-state index is 12.7. The van der Waals surface area contributed by atoms with Crippen LogP contribution in [0.1, 0.15) is 36.0 Å². The Morgan fingerprint density at radius 1 is 1.20 bits per heavy atom. The lowest BCUT2D eigenvalue weighted by atomic mass is 10.0. The summed E-state index contributed by atoms with van der Waals surface area (Å²) in [4.78, 5) is 28.2. The Kier molecular flexibility index (Phi) is 5.13. The molecule has 0 radical (unpaired) electrons. The van der Waals surface area contributed by atoms with Gasteiger partial charge in [-0.3, -0.25) is 14.5 Å². The van der Waals surface area contributed by atoms with Crippen LogP contribution in [0, 0.1) is 0 Å². The molecular weight excluding hydrogens is 322 g/mol. The number of nitrogens with zero attached hydrogens (tertiary/aromatic N) is 2. The molecule has 2 heterocycles. The Balaban J connectivity index is 1.62. The third-order valence-electron chi connectivity index (χ3n) is 5.28. The van der Waals surface area contributed by atoms with Gasteiger partial charge in [0.05, 0.1) is 18.7 Å². The second kappa shape index (κ2) is 7.31. The lowest BCUT2D eigenvalue weighted by Gasteiger charge is -2.38. The second-order valence-electron chi connectivity index (χ2n) is 6.70. The number of nitrogens with two attached hydrogens (primary N) is 1. The van der Waals surface area contributed by atoms with E-state index in [1.165, 1.54) is 13.2 Å². The van der Waals surface area contributed by atoms with Gasteiger partial charge in [0.1, 0.15) is 11.5 Å². The molecule has 2 aliphatic rings. The van der Waals surface area contributed by atoms with Crippen LogP contribution in [0.3, 0.4) is 0 Å². The summed E-state index contributed by atoms with van der Waals surface area (Å²) < 4.78 is 5.05. The summed E-state index contributed by atoms with van der Waals surface area (Å²) in [5.41, 5.74) is 5.79. The second-order valence-corrected chi connectivity index (χ2v) is 6.70. The number of phenols is 1. The van der Waals surface area contributed by atoms with Crippen LogP contribution in [-0.2, 0) is 4.79 Å². The molecule has 2 amide bonds. The molecule has 2 saturated heterocycles. The van der Waals surface area contributed by atoms with Gasteiger partial charge in [-0.1, -0.05) is 0 Å². The average Bonchev–Trinajstić information content (AvgIpc) is 3.11. The lowest BCUT2D eigenvalue weighted by molar-refractivity contribution is -0.123. The number of aromatic hydroxyl groups is 1. The first-order valence-electron chi connectivity index (χ1n) is 8.72. The maximum Gasteiger partial charge on any atom is 0.257 e. The van der Waals surface area contributed by atoms with Crippen LogP contribution >= 0.6 is 0 Å². The van der Waals surface area contributed by atoms with Crippen molar-refractivity contribution in [2.75, 3.05) is 26.7 Å². The summed E-state index contributed by atoms with van der Waals surface area (Å²) in [6, 6.07) is 4.82. The highest BCUT2D eigenvalue weighted by Crippen LogP contribution is 2.28. The molecule has 7 heteroatoms. The monoisotopic (exact) mass is 347 g/mol. The van der Waals surface area contributed by atoms with Crippen molar-refractivity contribution in [3.63, 3.8) is 0 Å². The number of methoxy groups -OCH3 is 1. The first-order chi connectivity index (χ1) is 12.0. The van der Waals surface area contributed by atoms with E-state index in [1.807, 2.05) is 0 Å². The van der Waals surface area contributed by atoms with E-state index < -0.39 is 0 Å². The molecule has 1 atom stereocenters. The lowest BCUT2D eigenvalue weighted by Crippen LogP contribution is -2.51. The van der Waals surface area contributed by atoms with Crippen molar-refractivity contribution in [3.05, 3.63) is 23.8 Å². The van der Waals surface area contributed by atoms with Gasteiger partial charge in [-0.05, 0) is 44.4 Å². The van der Waals surface area contributed by atoms with Crippen molar-refractivity contribution in [1.29, 1.82) is 0 Å². The van der Waals surface area contributed by atoms with Gasteiger partial charge in [0, 0.05) is 25.2 Å². The molecule has 0 saturated carbocycles. The van der Waals surface area contributed by atoms with Crippen LogP contribution in [0.25, 0.3) is 0 Å². The van der Waals surface area contributed by atoms with Crippen molar-refractivity contribution >= 4 is 11.8 Å². The number of likely N-dealkylation sites (tertiary alicyclic amines) is 2. The number of benzene rings is 1. The highest BCUT2D eigenvalue weighted by molar-refractivity contribution is 5.97. The SMILES string of the molecule is COc1ccc(C(=O)N2CCC(N3CCCC3C(N)=O)CC2)c(O)c1. The van der Waals surface area contributed by atoms with Gasteiger partial charge in [0.25, 0.3) is 5.91 Å². The van der Waals surface area contributed by atoms with Gasteiger partial charge in [-0.2, -0.15) is 0 Å². The Bertz CT molecular complexity index is 656. The molecule has 3 rings (SSSR count). The summed E-state index contributed by atoms with van der Waals surface area (Å²) in [6.07, 6.45) is 3.44. The third kappa shape index (κ3) is 3.56. The van der Waals surface area contributed by atoms with E-state index in [4.69, 9.17) is 10.5 Å². The number of hydrogen-bond acceptors (Lipinski definition) is 5. The van der Waals surface area contributed by atoms with Crippen molar-refractivity contribution < 1.29 is 19.4 Å². The first-order valence-corrected chi connectivity index (χ1v) is 8.72. The van der Waals surface area contributed by atoms with Gasteiger partial charge < -0.3 is 20.5 Å². The predicted molar refractivity (Wildman–Crippen MR) is 92.5 cm³/mol. The van der Waals surface area contributed by atoms with Crippen LogP contribution in [0.2, 0.25) is 0 Å². The van der Waals surface area contributed by atoms with Crippen molar-refractivity contribution in [1.82, 2.24) is 9.80 Å². The molecular formula is C18H25N3O4. The molecule has 1 unspecified atom stereocenters. The Labute approximate surface area is 147 Å². The molecule has 0 bridgehead atoms. The largest absolute Gasteiger partial charge is 0.507 e. The van der Waals surface area contributed by atoms with E-state index >= 15 is 0 Å². The summed E-state index contributed by atoms with van der Waals surface area (Å²) in [5, 5.41) is 10.1. The molecule has 1 aromatic carbocycles. The molecule has 0 aliphatic carbocycles. The third-order valence-corrected chi connectivity index (χ3v) is 5.28. The Morgan fingerprint density at radius 3 is 2.52 bits per heavy atom. The highest BCUT2D eigenvalue weighted by atomic mass is 16.5. The van der Waals surface area contributed by atoms with E-state index in [0.717, 1.165) is 32.2 Å². The van der Waals surface area contributed by atoms with Gasteiger partial charge in [-0.15, -0.1) is 0 Å². The molecule has 25 heavy (non-hydrogen) atoms. The highest BCUT2D eigenvalue weighted by Gasteiger charge is 2.36. The molecule has 0 spiro atoms. The quantitative estimate of drug-likeness (QED) is 0.845. The van der Waals surface area contributed by atoms with Gasteiger partial charge in [0.15, 0.2) is 0 Å². The van der Waals surface area contributed by atoms with Crippen molar-refractivity contribution in [2.24, 2.45) is 5.73 Å². The summed E-state index contributed by atoms with van der Waals surface area (Å²) in [7, 11) is 1.51. The number of carbonyl (C=O) groups excluding carboxylic acids is 2. The fourth-order valence-corrected chi connectivity index (χ4v) is 3.92. The summed E-state index contributed by atoms with van der Waals surface area (Å²) in [5.74, 6) is 0.0183.